The third-order valence-corrected chi connectivity index (χ3v) is 5.43. The number of nitrogens with two attached hydrogens (primary N) is 1. The summed E-state index contributed by atoms with van der Waals surface area (Å²) in [5.74, 6) is -0.960. The molecule has 0 saturated heterocycles. The van der Waals surface area contributed by atoms with E-state index in [2.05, 4.69) is 0 Å². The van der Waals surface area contributed by atoms with Crippen LogP contribution in [0.3, 0.4) is 0 Å². The lowest BCUT2D eigenvalue weighted by Crippen LogP contribution is -2.22. The Hall–Kier alpha value is -2.64. The summed E-state index contributed by atoms with van der Waals surface area (Å²) in [6.07, 6.45) is -0.529. The van der Waals surface area contributed by atoms with E-state index in [1.807, 2.05) is 32.0 Å². The van der Waals surface area contributed by atoms with Crippen LogP contribution in [-0.4, -0.2) is 19.0 Å². The fourth-order valence-electron chi connectivity index (χ4n) is 2.89. The smallest absolute Gasteiger partial charge is 0.336 e. The van der Waals surface area contributed by atoms with Crippen molar-refractivity contribution in [1.29, 1.82) is 0 Å². The first-order chi connectivity index (χ1) is 12.2. The quantitative estimate of drug-likeness (QED) is 0.710. The second kappa shape index (κ2) is 6.59. The monoisotopic (exact) mass is 372 g/mol. The number of rotatable bonds is 4. The minimum Gasteiger partial charge on any atom is -0.336 e. The number of benzene rings is 2. The summed E-state index contributed by atoms with van der Waals surface area (Å²) < 4.78 is 31.3. The zero-order valence-corrected chi connectivity index (χ0v) is 15.6. The van der Waals surface area contributed by atoms with Crippen molar-refractivity contribution in [1.82, 2.24) is 4.57 Å². The van der Waals surface area contributed by atoms with Gasteiger partial charge in [0.25, 0.3) is 0 Å². The summed E-state index contributed by atoms with van der Waals surface area (Å²) in [4.78, 5) is 12.6. The van der Waals surface area contributed by atoms with Gasteiger partial charge < -0.3 is 14.5 Å². The van der Waals surface area contributed by atoms with Crippen molar-refractivity contribution in [3.05, 3.63) is 65.4 Å². The summed E-state index contributed by atoms with van der Waals surface area (Å²) in [6.45, 7) is 5.46. The molecular formula is C19H20N2O4S. The van der Waals surface area contributed by atoms with Crippen LogP contribution < -0.4 is 5.73 Å². The molecule has 1 atom stereocenters. The van der Waals surface area contributed by atoms with Gasteiger partial charge in [-0.3, -0.25) is 0 Å². The Morgan fingerprint density at radius 3 is 2.38 bits per heavy atom. The van der Waals surface area contributed by atoms with Gasteiger partial charge in [-0.1, -0.05) is 29.8 Å². The average Bonchev–Trinajstić information content (AvgIpc) is 2.96. The summed E-state index contributed by atoms with van der Waals surface area (Å²) in [5, 5.41) is 0.824. The Balaban J connectivity index is 2.04. The Bertz CT molecular complexity index is 1080. The standard InChI is InChI=1S/C19H20N2O4S/c1-12-7-9-15(10-8-12)26(23,24)25-19(22)18-11-16-13(2)5-4-6-17(16)21(18)14(3)20/h4-11,14H,20H2,1-3H3. The van der Waals surface area contributed by atoms with Crippen LogP contribution in [0.2, 0.25) is 0 Å². The number of carbonyl (C=O) groups is 1. The number of carbonyl (C=O) groups excluding carboxylic acids is 1. The molecule has 2 aromatic carbocycles. The molecule has 2 N–H and O–H groups in total. The maximum Gasteiger partial charge on any atom is 0.370 e. The van der Waals surface area contributed by atoms with Gasteiger partial charge in [0.1, 0.15) is 10.6 Å². The SMILES string of the molecule is Cc1ccc(S(=O)(=O)OC(=O)c2cc3c(C)cccc3n2C(C)N)cc1. The van der Waals surface area contributed by atoms with Gasteiger partial charge in [-0.05, 0) is 50.6 Å². The van der Waals surface area contributed by atoms with Gasteiger partial charge in [0, 0.05) is 5.39 Å². The normalized spacial score (nSPS) is 12.9. The predicted octanol–water partition coefficient (Wildman–Crippen LogP) is 3.28. The van der Waals surface area contributed by atoms with Crippen molar-refractivity contribution < 1.29 is 17.4 Å². The summed E-state index contributed by atoms with van der Waals surface area (Å²) in [5.41, 5.74) is 8.72. The van der Waals surface area contributed by atoms with Gasteiger partial charge in [0.2, 0.25) is 0 Å². The molecule has 6 nitrogen and oxygen atoms in total. The van der Waals surface area contributed by atoms with Gasteiger partial charge in [0.05, 0.1) is 11.7 Å². The third kappa shape index (κ3) is 3.23. The molecule has 0 aliphatic rings. The second-order valence-electron chi connectivity index (χ2n) is 6.29. The highest BCUT2D eigenvalue weighted by Crippen LogP contribution is 2.27. The molecule has 1 aromatic heterocycles. The van der Waals surface area contributed by atoms with Crippen molar-refractivity contribution in [3.8, 4) is 0 Å². The molecule has 26 heavy (non-hydrogen) atoms. The molecule has 136 valence electrons. The maximum absolute atomic E-state index is 12.6. The molecule has 7 heteroatoms. The van der Waals surface area contributed by atoms with E-state index >= 15 is 0 Å². The Labute approximate surface area is 152 Å². The van der Waals surface area contributed by atoms with Crippen LogP contribution in [0.25, 0.3) is 10.9 Å². The second-order valence-corrected chi connectivity index (χ2v) is 7.83. The lowest BCUT2D eigenvalue weighted by molar-refractivity contribution is 0.0734. The van der Waals surface area contributed by atoms with E-state index in [1.54, 1.807) is 29.7 Å². The van der Waals surface area contributed by atoms with Gasteiger partial charge in [-0.2, -0.15) is 8.42 Å². The lowest BCUT2D eigenvalue weighted by atomic mass is 10.1. The fraction of sp³-hybridized carbons (Fsp3) is 0.211. The third-order valence-electron chi connectivity index (χ3n) is 4.21. The molecule has 3 rings (SSSR count). The average molecular weight is 372 g/mol. The van der Waals surface area contributed by atoms with Crippen LogP contribution in [0.4, 0.5) is 0 Å². The summed E-state index contributed by atoms with van der Waals surface area (Å²) in [7, 11) is -4.22. The van der Waals surface area contributed by atoms with Crippen LogP contribution in [0.15, 0.2) is 53.4 Å². The van der Waals surface area contributed by atoms with Crippen LogP contribution in [-0.2, 0) is 14.3 Å². The highest BCUT2D eigenvalue weighted by atomic mass is 32.2. The molecule has 0 aliphatic heterocycles. The first-order valence-corrected chi connectivity index (χ1v) is 9.53. The molecule has 1 heterocycles. The zero-order chi connectivity index (χ0) is 19.1. The van der Waals surface area contributed by atoms with Crippen molar-refractivity contribution in [2.75, 3.05) is 0 Å². The van der Waals surface area contributed by atoms with Crippen LogP contribution >= 0.6 is 0 Å². The molecule has 0 aliphatic carbocycles. The molecular weight excluding hydrogens is 352 g/mol. The number of nitrogens with zero attached hydrogens (tertiary/aromatic N) is 1. The van der Waals surface area contributed by atoms with Gasteiger partial charge in [-0.25, -0.2) is 4.79 Å². The molecule has 0 radical (unpaired) electrons. The largest absolute Gasteiger partial charge is 0.370 e. The summed E-state index contributed by atoms with van der Waals surface area (Å²) >= 11 is 0. The van der Waals surface area contributed by atoms with Gasteiger partial charge in [0.15, 0.2) is 0 Å². The van der Waals surface area contributed by atoms with Crippen LogP contribution in [0, 0.1) is 13.8 Å². The van der Waals surface area contributed by atoms with E-state index in [1.165, 1.54) is 12.1 Å². The Morgan fingerprint density at radius 2 is 1.77 bits per heavy atom. The number of aryl methyl sites for hydroxylation is 2. The maximum atomic E-state index is 12.6. The molecule has 0 amide bonds. The highest BCUT2D eigenvalue weighted by Gasteiger charge is 2.26. The minimum atomic E-state index is -4.22. The Morgan fingerprint density at radius 1 is 1.12 bits per heavy atom. The summed E-state index contributed by atoms with van der Waals surface area (Å²) in [6, 6.07) is 13.3. The molecule has 0 saturated carbocycles. The molecule has 1 unspecified atom stereocenters. The first-order valence-electron chi connectivity index (χ1n) is 8.12. The van der Waals surface area contributed by atoms with Crippen molar-refractivity contribution >= 4 is 27.0 Å². The van der Waals surface area contributed by atoms with Gasteiger partial charge >= 0.3 is 16.1 Å². The van der Waals surface area contributed by atoms with E-state index in [4.69, 9.17) is 9.92 Å². The molecule has 0 bridgehead atoms. The number of hydrogen-bond donors (Lipinski definition) is 1. The lowest BCUT2D eigenvalue weighted by Gasteiger charge is -2.14. The van der Waals surface area contributed by atoms with Crippen LogP contribution in [0.5, 0.6) is 0 Å². The van der Waals surface area contributed by atoms with E-state index in [-0.39, 0.29) is 10.6 Å². The number of aromatic nitrogens is 1. The minimum absolute atomic E-state index is 0.0731. The van der Waals surface area contributed by atoms with Crippen molar-refractivity contribution in [2.45, 2.75) is 31.8 Å². The first kappa shape index (κ1) is 18.2. The van der Waals surface area contributed by atoms with E-state index in [0.29, 0.717) is 0 Å². The van der Waals surface area contributed by atoms with Gasteiger partial charge in [-0.15, -0.1) is 0 Å². The van der Waals surface area contributed by atoms with E-state index in [0.717, 1.165) is 22.0 Å². The van der Waals surface area contributed by atoms with E-state index in [9.17, 15) is 13.2 Å². The fourth-order valence-corrected chi connectivity index (χ4v) is 3.74. The number of fused-ring (bicyclic) bond motifs is 1. The van der Waals surface area contributed by atoms with Crippen molar-refractivity contribution in [3.63, 3.8) is 0 Å². The molecule has 0 spiro atoms. The predicted molar refractivity (Wildman–Crippen MR) is 99.4 cm³/mol. The zero-order valence-electron chi connectivity index (χ0n) is 14.8. The van der Waals surface area contributed by atoms with Crippen LogP contribution in [0.1, 0.15) is 34.7 Å². The molecule has 0 fully saturated rings. The topological polar surface area (TPSA) is 91.4 Å². The highest BCUT2D eigenvalue weighted by molar-refractivity contribution is 7.87. The van der Waals surface area contributed by atoms with Crippen molar-refractivity contribution in [2.24, 2.45) is 5.73 Å². The molecule has 3 aromatic rings. The van der Waals surface area contributed by atoms with E-state index < -0.39 is 22.3 Å². The Kier molecular flexibility index (Phi) is 4.60. The number of hydrogen-bond acceptors (Lipinski definition) is 5.